The maximum Gasteiger partial charge on any atom is 0.343 e. The highest BCUT2D eigenvalue weighted by Gasteiger charge is 2.35. The second kappa shape index (κ2) is 9.37. The number of nitrogens with zero attached hydrogens (tertiary/aromatic N) is 5. The van der Waals surface area contributed by atoms with Crippen molar-refractivity contribution in [3.05, 3.63) is 22.8 Å². The molecule has 156 valence electrons. The Bertz CT molecular complexity index is 948. The van der Waals surface area contributed by atoms with Crippen molar-refractivity contribution in [1.29, 1.82) is 0 Å². The van der Waals surface area contributed by atoms with Gasteiger partial charge in [-0.1, -0.05) is 0 Å². The third-order valence-corrected chi connectivity index (χ3v) is 4.78. The molecular weight excluding hydrogens is 402 g/mol. The van der Waals surface area contributed by atoms with Crippen molar-refractivity contribution in [1.82, 2.24) is 13.9 Å². The zero-order chi connectivity index (χ0) is 21.7. The number of esters is 3. The summed E-state index contributed by atoms with van der Waals surface area (Å²) in [6.07, 6.45) is 0. The molecule has 0 aliphatic heterocycles. The maximum atomic E-state index is 12.1. The number of carbonyl (C=O) groups is 3. The number of aryl methyl sites for hydroxylation is 2. The summed E-state index contributed by atoms with van der Waals surface area (Å²) in [4.78, 5) is 40.5. The smallest absolute Gasteiger partial charge is 0.343 e. The minimum atomic E-state index is -1.36. The highest BCUT2D eigenvalue weighted by molar-refractivity contribution is 7.10. The van der Waals surface area contributed by atoms with Gasteiger partial charge in [-0.15, -0.1) is 10.2 Å². The molecule has 2 heterocycles. The average Bonchev–Trinajstić information content (AvgIpc) is 3.19. The first kappa shape index (κ1) is 22.1. The monoisotopic (exact) mass is 423 g/mol. The molecule has 12 heteroatoms. The Morgan fingerprint density at radius 1 is 1.10 bits per heavy atom. The van der Waals surface area contributed by atoms with Gasteiger partial charge in [-0.2, -0.15) is 4.37 Å². The van der Waals surface area contributed by atoms with E-state index in [2.05, 4.69) is 29.1 Å². The molecular formula is C17H21N5O6S. The second-order valence-electron chi connectivity index (χ2n) is 5.79. The molecule has 0 atom stereocenters. The summed E-state index contributed by atoms with van der Waals surface area (Å²) in [5, 5.41) is 8.54. The highest BCUT2D eigenvalue weighted by Crippen LogP contribution is 2.32. The van der Waals surface area contributed by atoms with Crippen molar-refractivity contribution in [2.75, 3.05) is 20.8 Å². The van der Waals surface area contributed by atoms with Crippen LogP contribution in [0, 0.1) is 13.8 Å². The summed E-state index contributed by atoms with van der Waals surface area (Å²) in [6, 6.07) is 0. The molecule has 0 aliphatic rings. The minimum Gasteiger partial charge on any atom is -0.468 e. The first-order valence-corrected chi connectivity index (χ1v) is 9.28. The third kappa shape index (κ3) is 4.47. The molecule has 0 unspecified atom stereocenters. The van der Waals surface area contributed by atoms with Gasteiger partial charge in [0.2, 0.25) is 5.92 Å². The molecule has 0 saturated heterocycles. The van der Waals surface area contributed by atoms with Crippen molar-refractivity contribution in [3.8, 4) is 0 Å². The lowest BCUT2D eigenvalue weighted by Gasteiger charge is -2.12. The molecule has 0 amide bonds. The van der Waals surface area contributed by atoms with E-state index in [1.807, 2.05) is 0 Å². The zero-order valence-electron chi connectivity index (χ0n) is 16.9. The quantitative estimate of drug-likeness (QED) is 0.287. The van der Waals surface area contributed by atoms with Crippen molar-refractivity contribution in [2.45, 2.75) is 26.7 Å². The standard InChI is InChI=1S/C17H21N5O6S/c1-7-28-17(25)10-8(2)21-29-14(10)20-19-12-9(3)18-13(22(12)4)11(15(23)26-5)16(24)27-6/h11H,7H2,1-6H3. The predicted octanol–water partition coefficient (Wildman–Crippen LogP) is 2.52. The van der Waals surface area contributed by atoms with Crippen molar-refractivity contribution in [2.24, 2.45) is 17.3 Å². The normalized spacial score (nSPS) is 11.1. The van der Waals surface area contributed by atoms with Crippen molar-refractivity contribution >= 4 is 40.3 Å². The van der Waals surface area contributed by atoms with Crippen molar-refractivity contribution < 1.29 is 28.6 Å². The number of hydrogen-bond acceptors (Lipinski definition) is 11. The molecule has 0 fully saturated rings. The summed E-state index contributed by atoms with van der Waals surface area (Å²) in [5.74, 6) is -3.13. The van der Waals surface area contributed by atoms with Crippen LogP contribution in [0.4, 0.5) is 10.8 Å². The first-order valence-electron chi connectivity index (χ1n) is 8.50. The van der Waals surface area contributed by atoms with E-state index in [-0.39, 0.29) is 23.0 Å². The van der Waals surface area contributed by atoms with Gasteiger partial charge >= 0.3 is 17.9 Å². The lowest BCUT2D eigenvalue weighted by Crippen LogP contribution is -2.27. The number of ether oxygens (including phenoxy) is 3. The van der Waals surface area contributed by atoms with Gasteiger partial charge in [0.1, 0.15) is 11.4 Å². The Morgan fingerprint density at radius 2 is 1.72 bits per heavy atom. The Morgan fingerprint density at radius 3 is 2.28 bits per heavy atom. The van der Waals surface area contributed by atoms with Gasteiger partial charge in [0, 0.05) is 7.05 Å². The lowest BCUT2D eigenvalue weighted by atomic mass is 10.1. The van der Waals surface area contributed by atoms with Crippen molar-refractivity contribution in [3.63, 3.8) is 0 Å². The van der Waals surface area contributed by atoms with Crippen LogP contribution in [0.15, 0.2) is 10.2 Å². The summed E-state index contributed by atoms with van der Waals surface area (Å²) in [7, 11) is 3.90. The summed E-state index contributed by atoms with van der Waals surface area (Å²) >= 11 is 1.00. The fourth-order valence-corrected chi connectivity index (χ4v) is 3.26. The number of aromatic nitrogens is 3. The third-order valence-electron chi connectivity index (χ3n) is 3.96. The van der Waals surface area contributed by atoms with E-state index in [1.165, 1.54) is 4.57 Å². The summed E-state index contributed by atoms with van der Waals surface area (Å²) in [5.41, 5.74) is 1.15. The Labute approximate surface area is 170 Å². The van der Waals surface area contributed by atoms with Gasteiger partial charge in [0.05, 0.1) is 32.2 Å². The van der Waals surface area contributed by atoms with Crippen LogP contribution in [0.5, 0.6) is 0 Å². The fourth-order valence-electron chi connectivity index (χ4n) is 2.55. The van der Waals surface area contributed by atoms with Crippen LogP contribution in [0.2, 0.25) is 0 Å². The average molecular weight is 423 g/mol. The molecule has 2 aromatic heterocycles. The number of carbonyl (C=O) groups excluding carboxylic acids is 3. The van der Waals surface area contributed by atoms with Gasteiger partial charge in [-0.05, 0) is 32.3 Å². The molecule has 0 saturated carbocycles. The molecule has 29 heavy (non-hydrogen) atoms. The molecule has 0 N–H and O–H groups in total. The molecule has 2 rings (SSSR count). The topological polar surface area (TPSA) is 134 Å². The van der Waals surface area contributed by atoms with E-state index >= 15 is 0 Å². The van der Waals surface area contributed by atoms with Crippen LogP contribution in [0.3, 0.4) is 0 Å². The number of imidazole rings is 1. The van der Waals surface area contributed by atoms with Crippen LogP contribution in [0.1, 0.15) is 40.4 Å². The van der Waals surface area contributed by atoms with Gasteiger partial charge in [-0.3, -0.25) is 9.59 Å². The van der Waals surface area contributed by atoms with Crippen LogP contribution in [0.25, 0.3) is 0 Å². The van der Waals surface area contributed by atoms with E-state index in [9.17, 15) is 14.4 Å². The van der Waals surface area contributed by atoms with E-state index in [0.29, 0.717) is 17.2 Å². The van der Waals surface area contributed by atoms with E-state index in [0.717, 1.165) is 25.8 Å². The Hall–Kier alpha value is -3.15. The van der Waals surface area contributed by atoms with Crippen LogP contribution in [-0.2, 0) is 30.8 Å². The molecule has 0 bridgehead atoms. The van der Waals surface area contributed by atoms with Gasteiger partial charge in [0.25, 0.3) is 0 Å². The van der Waals surface area contributed by atoms with E-state index in [1.54, 1.807) is 27.8 Å². The van der Waals surface area contributed by atoms with E-state index < -0.39 is 23.8 Å². The zero-order valence-corrected chi connectivity index (χ0v) is 17.7. The van der Waals surface area contributed by atoms with Gasteiger partial charge < -0.3 is 18.8 Å². The molecule has 11 nitrogen and oxygen atoms in total. The summed E-state index contributed by atoms with van der Waals surface area (Å²) < 4.78 is 20.0. The minimum absolute atomic E-state index is 0.0984. The SMILES string of the molecule is CCOC(=O)c1c(C)nsc1N=Nc1c(C)nc(C(C(=O)OC)C(=O)OC)n1C. The second-order valence-corrected chi connectivity index (χ2v) is 6.54. The number of rotatable bonds is 7. The Balaban J connectivity index is 2.45. The maximum absolute atomic E-state index is 12.1. The first-order chi connectivity index (χ1) is 13.8. The summed E-state index contributed by atoms with van der Waals surface area (Å²) in [6.45, 7) is 5.24. The van der Waals surface area contributed by atoms with Crippen LogP contribution in [-0.4, -0.2) is 52.7 Å². The van der Waals surface area contributed by atoms with Crippen LogP contribution < -0.4 is 0 Å². The molecule has 0 radical (unpaired) electrons. The highest BCUT2D eigenvalue weighted by atomic mass is 32.1. The number of methoxy groups -OCH3 is 2. The van der Waals surface area contributed by atoms with Gasteiger partial charge in [-0.25, -0.2) is 9.78 Å². The molecule has 2 aromatic rings. The number of azo groups is 1. The van der Waals surface area contributed by atoms with Crippen LogP contribution >= 0.6 is 11.5 Å². The van der Waals surface area contributed by atoms with E-state index in [4.69, 9.17) is 4.74 Å². The molecule has 0 spiro atoms. The fraction of sp³-hybridized carbons (Fsp3) is 0.471. The molecule has 0 aliphatic carbocycles. The largest absolute Gasteiger partial charge is 0.468 e. The lowest BCUT2D eigenvalue weighted by molar-refractivity contribution is -0.154. The van der Waals surface area contributed by atoms with Gasteiger partial charge in [0.15, 0.2) is 10.8 Å². The molecule has 0 aromatic carbocycles. The number of hydrogen-bond donors (Lipinski definition) is 0. The Kier molecular flexibility index (Phi) is 7.15. The predicted molar refractivity (Wildman–Crippen MR) is 102 cm³/mol.